The Morgan fingerprint density at radius 3 is 2.87 bits per heavy atom. The highest BCUT2D eigenvalue weighted by Crippen LogP contribution is 2.33. The lowest BCUT2D eigenvalue weighted by molar-refractivity contribution is 0.723. The summed E-state index contributed by atoms with van der Waals surface area (Å²) in [7, 11) is 0. The SMILES string of the molecule is C#CC/C(C)=C/N(CCC)c1nccc2c1CCN(c1cccc3ccccc13)C2. The molecule has 0 aliphatic carbocycles. The Kier molecular flexibility index (Phi) is 6.05. The van der Waals surface area contributed by atoms with Gasteiger partial charge in [0.2, 0.25) is 0 Å². The van der Waals surface area contributed by atoms with E-state index >= 15 is 0 Å². The average molecular weight is 396 g/mol. The molecule has 0 amide bonds. The van der Waals surface area contributed by atoms with Gasteiger partial charge in [0.05, 0.1) is 0 Å². The summed E-state index contributed by atoms with van der Waals surface area (Å²) in [4.78, 5) is 9.57. The minimum Gasteiger partial charge on any atom is -0.366 e. The molecule has 30 heavy (non-hydrogen) atoms. The molecule has 3 nitrogen and oxygen atoms in total. The molecule has 0 saturated heterocycles. The molecule has 3 heteroatoms. The molecule has 152 valence electrons. The Hall–Kier alpha value is -3.25. The quantitative estimate of drug-likeness (QED) is 0.481. The fourth-order valence-electron chi connectivity index (χ4n) is 4.35. The Labute approximate surface area is 180 Å². The zero-order chi connectivity index (χ0) is 20.9. The highest BCUT2D eigenvalue weighted by molar-refractivity contribution is 5.94. The molecule has 2 aromatic carbocycles. The fourth-order valence-corrected chi connectivity index (χ4v) is 4.35. The van der Waals surface area contributed by atoms with Crippen molar-refractivity contribution in [3.63, 3.8) is 0 Å². The lowest BCUT2D eigenvalue weighted by Gasteiger charge is -2.34. The molecule has 0 unspecified atom stereocenters. The van der Waals surface area contributed by atoms with Crippen LogP contribution in [-0.4, -0.2) is 18.1 Å². The number of anilines is 2. The van der Waals surface area contributed by atoms with Gasteiger partial charge < -0.3 is 9.80 Å². The van der Waals surface area contributed by atoms with E-state index in [1.165, 1.54) is 33.2 Å². The summed E-state index contributed by atoms with van der Waals surface area (Å²) in [5.41, 5.74) is 5.24. The summed E-state index contributed by atoms with van der Waals surface area (Å²) in [6.07, 6.45) is 12.4. The summed E-state index contributed by atoms with van der Waals surface area (Å²) in [6.45, 7) is 7.14. The third kappa shape index (κ3) is 4.04. The summed E-state index contributed by atoms with van der Waals surface area (Å²) >= 11 is 0. The van der Waals surface area contributed by atoms with Gasteiger partial charge in [-0.3, -0.25) is 0 Å². The number of hydrogen-bond donors (Lipinski definition) is 0. The molecule has 3 aromatic rings. The van der Waals surface area contributed by atoms with Crippen LogP contribution in [0.4, 0.5) is 11.5 Å². The van der Waals surface area contributed by atoms with E-state index in [2.05, 4.69) is 84.3 Å². The first-order valence-electron chi connectivity index (χ1n) is 10.8. The minimum atomic E-state index is 0.671. The van der Waals surface area contributed by atoms with Gasteiger partial charge in [0.15, 0.2) is 0 Å². The molecule has 2 heterocycles. The lowest BCUT2D eigenvalue weighted by Crippen LogP contribution is -2.32. The highest BCUT2D eigenvalue weighted by Gasteiger charge is 2.22. The average Bonchev–Trinajstić information content (AvgIpc) is 2.78. The number of pyridine rings is 1. The molecule has 0 radical (unpaired) electrons. The Balaban J connectivity index is 1.67. The summed E-state index contributed by atoms with van der Waals surface area (Å²) in [6, 6.07) is 17.4. The number of rotatable bonds is 6. The Bertz CT molecular complexity index is 1100. The molecule has 0 atom stereocenters. The van der Waals surface area contributed by atoms with Crippen LogP contribution in [0.25, 0.3) is 10.8 Å². The molecule has 0 bridgehead atoms. The number of hydrogen-bond acceptors (Lipinski definition) is 3. The number of fused-ring (bicyclic) bond motifs is 2. The largest absolute Gasteiger partial charge is 0.366 e. The number of allylic oxidation sites excluding steroid dienone is 1. The van der Waals surface area contributed by atoms with Crippen molar-refractivity contribution >= 4 is 22.3 Å². The summed E-state index contributed by atoms with van der Waals surface area (Å²) in [5.74, 6) is 3.83. The van der Waals surface area contributed by atoms with Crippen molar-refractivity contribution in [3.8, 4) is 12.3 Å². The topological polar surface area (TPSA) is 19.4 Å². The molecule has 0 spiro atoms. The first-order chi connectivity index (χ1) is 14.7. The maximum Gasteiger partial charge on any atom is 0.136 e. The summed E-state index contributed by atoms with van der Waals surface area (Å²) in [5, 5.41) is 2.61. The fraction of sp³-hybridized carbons (Fsp3) is 0.296. The van der Waals surface area contributed by atoms with Gasteiger partial charge in [0.1, 0.15) is 5.82 Å². The first-order valence-corrected chi connectivity index (χ1v) is 10.8. The third-order valence-electron chi connectivity index (χ3n) is 5.72. The van der Waals surface area contributed by atoms with E-state index in [0.717, 1.165) is 38.3 Å². The lowest BCUT2D eigenvalue weighted by atomic mass is 9.98. The van der Waals surface area contributed by atoms with Gasteiger partial charge in [-0.25, -0.2) is 4.98 Å². The predicted octanol–water partition coefficient (Wildman–Crippen LogP) is 5.94. The molecule has 0 fully saturated rings. The van der Waals surface area contributed by atoms with E-state index in [4.69, 9.17) is 11.4 Å². The Morgan fingerprint density at radius 1 is 1.20 bits per heavy atom. The molecule has 0 saturated carbocycles. The number of nitrogens with zero attached hydrogens (tertiary/aromatic N) is 3. The smallest absolute Gasteiger partial charge is 0.136 e. The van der Waals surface area contributed by atoms with E-state index in [-0.39, 0.29) is 0 Å². The molecule has 1 aromatic heterocycles. The molecule has 4 rings (SSSR count). The van der Waals surface area contributed by atoms with Crippen molar-refractivity contribution in [1.29, 1.82) is 0 Å². The maximum absolute atomic E-state index is 5.51. The normalized spacial score (nSPS) is 13.8. The maximum atomic E-state index is 5.51. The van der Waals surface area contributed by atoms with Crippen LogP contribution in [0.15, 0.2) is 66.5 Å². The zero-order valence-electron chi connectivity index (χ0n) is 17.9. The highest BCUT2D eigenvalue weighted by atomic mass is 15.2. The molecular weight excluding hydrogens is 366 g/mol. The van der Waals surface area contributed by atoms with Crippen LogP contribution in [0, 0.1) is 12.3 Å². The van der Waals surface area contributed by atoms with Crippen molar-refractivity contribution in [2.75, 3.05) is 22.9 Å². The van der Waals surface area contributed by atoms with Crippen LogP contribution in [0.2, 0.25) is 0 Å². The van der Waals surface area contributed by atoms with E-state index < -0.39 is 0 Å². The van der Waals surface area contributed by atoms with Gasteiger partial charge in [-0.05, 0) is 48.4 Å². The standard InChI is InChI=1S/C27H29N3/c1-4-9-21(3)19-30(17-5-2)27-25-15-18-29(20-23(25)14-16-28-27)26-13-8-11-22-10-6-7-12-24(22)26/h1,6-8,10-14,16,19H,5,9,15,17-18,20H2,2-3H3/b21-19+. The molecule has 1 aliphatic heterocycles. The predicted molar refractivity (Wildman–Crippen MR) is 128 cm³/mol. The molecule has 1 aliphatic rings. The molecular formula is C27H29N3. The van der Waals surface area contributed by atoms with Crippen molar-refractivity contribution in [1.82, 2.24) is 4.98 Å². The zero-order valence-corrected chi connectivity index (χ0v) is 17.9. The van der Waals surface area contributed by atoms with Gasteiger partial charge >= 0.3 is 0 Å². The molecule has 0 N–H and O–H groups in total. The van der Waals surface area contributed by atoms with Gasteiger partial charge in [0.25, 0.3) is 0 Å². The number of aromatic nitrogens is 1. The van der Waals surface area contributed by atoms with Crippen molar-refractivity contribution < 1.29 is 0 Å². The van der Waals surface area contributed by atoms with E-state index in [0.29, 0.717) is 6.42 Å². The summed E-state index contributed by atoms with van der Waals surface area (Å²) < 4.78 is 0. The van der Waals surface area contributed by atoms with Crippen LogP contribution in [0.3, 0.4) is 0 Å². The van der Waals surface area contributed by atoms with Gasteiger partial charge in [-0.1, -0.05) is 43.3 Å². The number of terminal acetylenes is 1. The van der Waals surface area contributed by atoms with Gasteiger partial charge in [0, 0.05) is 55.1 Å². The van der Waals surface area contributed by atoms with Crippen LogP contribution < -0.4 is 9.80 Å². The first kappa shape index (κ1) is 20.0. The van der Waals surface area contributed by atoms with Crippen molar-refractivity contribution in [2.24, 2.45) is 0 Å². The minimum absolute atomic E-state index is 0.671. The Morgan fingerprint density at radius 2 is 2.03 bits per heavy atom. The van der Waals surface area contributed by atoms with E-state index in [1.54, 1.807) is 0 Å². The number of benzene rings is 2. The third-order valence-corrected chi connectivity index (χ3v) is 5.72. The van der Waals surface area contributed by atoms with Crippen molar-refractivity contribution in [3.05, 3.63) is 77.6 Å². The van der Waals surface area contributed by atoms with Crippen LogP contribution in [0.1, 0.15) is 37.8 Å². The second-order valence-electron chi connectivity index (χ2n) is 7.99. The van der Waals surface area contributed by atoms with Crippen LogP contribution >= 0.6 is 0 Å². The van der Waals surface area contributed by atoms with E-state index in [9.17, 15) is 0 Å². The van der Waals surface area contributed by atoms with Gasteiger partial charge in [-0.15, -0.1) is 12.3 Å². The van der Waals surface area contributed by atoms with E-state index in [1.807, 2.05) is 6.20 Å². The second-order valence-corrected chi connectivity index (χ2v) is 7.99. The van der Waals surface area contributed by atoms with Gasteiger partial charge in [-0.2, -0.15) is 0 Å². The second kappa shape index (κ2) is 9.05. The van der Waals surface area contributed by atoms with Crippen LogP contribution in [0.5, 0.6) is 0 Å². The van der Waals surface area contributed by atoms with Crippen LogP contribution in [-0.2, 0) is 13.0 Å². The monoisotopic (exact) mass is 395 g/mol. The van der Waals surface area contributed by atoms with Crippen molar-refractivity contribution in [2.45, 2.75) is 39.7 Å².